The number of hydrogen-bond donors (Lipinski definition) is 2. The number of anilines is 1. The average Bonchev–Trinajstić information content (AvgIpc) is 3.02. The Morgan fingerprint density at radius 1 is 1.38 bits per heavy atom. The third-order valence-corrected chi connectivity index (χ3v) is 4.54. The smallest absolute Gasteiger partial charge is 0.271 e. The number of carbonyl (C=O) groups is 1. The molecule has 0 bridgehead atoms. The van der Waals surface area contributed by atoms with Gasteiger partial charge in [0.1, 0.15) is 5.75 Å². The molecule has 3 rings (SSSR count). The van der Waals surface area contributed by atoms with Gasteiger partial charge in [-0.25, -0.2) is 4.98 Å². The summed E-state index contributed by atoms with van der Waals surface area (Å²) >= 11 is 7.12. The summed E-state index contributed by atoms with van der Waals surface area (Å²) in [5.41, 5.74) is 1.59. The number of benzene rings is 2. The average molecular weight is 393 g/mol. The summed E-state index contributed by atoms with van der Waals surface area (Å²) in [5, 5.41) is 14.5. The number of nitrogens with zero attached hydrogens (tertiary/aromatic N) is 2. The second-order valence-electron chi connectivity index (χ2n) is 5.18. The molecular weight excluding hydrogens is 380 g/mol. The number of imidazole rings is 1. The van der Waals surface area contributed by atoms with Gasteiger partial charge in [-0.2, -0.15) is 0 Å². The third-order valence-electron chi connectivity index (χ3n) is 3.43. The van der Waals surface area contributed by atoms with Gasteiger partial charge in [0, 0.05) is 17.2 Å². The fraction of sp³-hybridized carbons (Fsp3) is 0.125. The minimum Gasteiger partial charge on any atom is -0.495 e. The number of non-ortho nitro benzene ring substituents is 1. The molecule has 3 aromatic rings. The second-order valence-corrected chi connectivity index (χ2v) is 6.58. The number of amides is 1. The van der Waals surface area contributed by atoms with Gasteiger partial charge >= 0.3 is 0 Å². The Hall–Kier alpha value is -2.78. The van der Waals surface area contributed by atoms with E-state index in [2.05, 4.69) is 15.3 Å². The molecule has 0 aliphatic rings. The Kier molecular flexibility index (Phi) is 5.29. The molecule has 10 heteroatoms. The lowest BCUT2D eigenvalue weighted by molar-refractivity contribution is -0.384. The van der Waals surface area contributed by atoms with Crippen molar-refractivity contribution in [3.05, 3.63) is 51.5 Å². The maximum Gasteiger partial charge on any atom is 0.271 e. The Morgan fingerprint density at radius 3 is 2.92 bits per heavy atom. The summed E-state index contributed by atoms with van der Waals surface area (Å²) in [6.45, 7) is 0. The van der Waals surface area contributed by atoms with Crippen molar-refractivity contribution < 1.29 is 14.5 Å². The molecule has 8 nitrogen and oxygen atoms in total. The van der Waals surface area contributed by atoms with Crippen LogP contribution in [0.25, 0.3) is 11.0 Å². The fourth-order valence-corrected chi connectivity index (χ4v) is 3.11. The molecule has 2 aromatic carbocycles. The van der Waals surface area contributed by atoms with E-state index < -0.39 is 4.92 Å². The first-order valence-corrected chi connectivity index (χ1v) is 8.73. The van der Waals surface area contributed by atoms with Crippen LogP contribution in [0.4, 0.5) is 11.4 Å². The number of thioether (sulfide) groups is 1. The van der Waals surface area contributed by atoms with Crippen molar-refractivity contribution in [2.45, 2.75) is 5.16 Å². The number of carbonyl (C=O) groups excluding carboxylic acids is 1. The van der Waals surface area contributed by atoms with Crippen molar-refractivity contribution in [3.63, 3.8) is 0 Å². The first-order valence-electron chi connectivity index (χ1n) is 7.36. The minimum absolute atomic E-state index is 0.0245. The van der Waals surface area contributed by atoms with Crippen LogP contribution in [0.1, 0.15) is 0 Å². The van der Waals surface area contributed by atoms with E-state index in [1.54, 1.807) is 24.3 Å². The highest BCUT2D eigenvalue weighted by Gasteiger charge is 2.12. The number of nitro groups is 1. The molecule has 0 saturated carbocycles. The van der Waals surface area contributed by atoms with Crippen LogP contribution in [0.3, 0.4) is 0 Å². The molecule has 0 spiro atoms. The first kappa shape index (κ1) is 18.0. The summed E-state index contributed by atoms with van der Waals surface area (Å²) in [6.07, 6.45) is 0. The number of ether oxygens (including phenoxy) is 1. The van der Waals surface area contributed by atoms with Crippen molar-refractivity contribution in [2.75, 3.05) is 18.2 Å². The zero-order valence-corrected chi connectivity index (χ0v) is 15.1. The molecule has 0 unspecified atom stereocenters. The van der Waals surface area contributed by atoms with Crippen LogP contribution in [0.15, 0.2) is 41.6 Å². The zero-order chi connectivity index (χ0) is 18.7. The van der Waals surface area contributed by atoms with Crippen molar-refractivity contribution in [2.24, 2.45) is 0 Å². The molecule has 0 aliphatic heterocycles. The summed E-state index contributed by atoms with van der Waals surface area (Å²) in [6, 6.07) is 9.28. The highest BCUT2D eigenvalue weighted by molar-refractivity contribution is 7.99. The number of nitro benzene ring substituents is 1. The number of halogens is 1. The van der Waals surface area contributed by atoms with Crippen LogP contribution in [-0.4, -0.2) is 33.7 Å². The zero-order valence-electron chi connectivity index (χ0n) is 13.5. The Bertz CT molecular complexity index is 992. The van der Waals surface area contributed by atoms with Gasteiger partial charge in [-0.15, -0.1) is 0 Å². The highest BCUT2D eigenvalue weighted by atomic mass is 35.5. The van der Waals surface area contributed by atoms with E-state index in [1.165, 1.54) is 31.0 Å². The van der Waals surface area contributed by atoms with Gasteiger partial charge in [0.05, 0.1) is 34.5 Å². The van der Waals surface area contributed by atoms with Crippen molar-refractivity contribution in [1.29, 1.82) is 0 Å². The molecule has 1 heterocycles. The normalized spacial score (nSPS) is 10.7. The maximum absolute atomic E-state index is 12.2. The van der Waals surface area contributed by atoms with Gasteiger partial charge < -0.3 is 15.0 Å². The van der Waals surface area contributed by atoms with Gasteiger partial charge in [-0.3, -0.25) is 14.9 Å². The molecule has 0 aliphatic carbocycles. The lowest BCUT2D eigenvalue weighted by atomic mass is 10.3. The number of nitrogens with one attached hydrogen (secondary N) is 2. The quantitative estimate of drug-likeness (QED) is 0.374. The molecule has 1 amide bonds. The van der Waals surface area contributed by atoms with Crippen LogP contribution >= 0.6 is 23.4 Å². The number of fused-ring (bicyclic) bond motifs is 1. The second kappa shape index (κ2) is 7.63. The molecule has 134 valence electrons. The highest BCUT2D eigenvalue weighted by Crippen LogP contribution is 2.28. The van der Waals surface area contributed by atoms with Crippen LogP contribution < -0.4 is 10.1 Å². The van der Waals surface area contributed by atoms with Crippen molar-refractivity contribution in [1.82, 2.24) is 9.97 Å². The first-order chi connectivity index (χ1) is 12.5. The molecule has 0 atom stereocenters. The summed E-state index contributed by atoms with van der Waals surface area (Å²) in [7, 11) is 1.50. The molecule has 0 radical (unpaired) electrons. The number of rotatable bonds is 6. The molecule has 1 aromatic heterocycles. The summed E-state index contributed by atoms with van der Waals surface area (Å²) in [5.74, 6) is 0.336. The number of aromatic amines is 1. The number of H-pyrrole nitrogens is 1. The van der Waals surface area contributed by atoms with Crippen molar-refractivity contribution in [3.8, 4) is 5.75 Å². The summed E-state index contributed by atoms with van der Waals surface area (Å²) < 4.78 is 5.18. The standard InChI is InChI=1S/C16H13ClN4O4S/c1-25-14-5-2-9(17)6-13(14)18-15(22)8-26-16-19-11-4-3-10(21(23)24)7-12(11)20-16/h2-7H,8H2,1H3,(H,18,22)(H,19,20). The minimum atomic E-state index is -0.473. The van der Waals surface area contributed by atoms with Gasteiger partial charge in [-0.1, -0.05) is 23.4 Å². The summed E-state index contributed by atoms with van der Waals surface area (Å²) in [4.78, 5) is 29.8. The maximum atomic E-state index is 12.2. The Balaban J connectivity index is 1.67. The largest absolute Gasteiger partial charge is 0.495 e. The van der Waals surface area contributed by atoms with E-state index in [4.69, 9.17) is 16.3 Å². The number of hydrogen-bond acceptors (Lipinski definition) is 6. The van der Waals surface area contributed by atoms with Gasteiger partial charge in [0.2, 0.25) is 5.91 Å². The number of methoxy groups -OCH3 is 1. The van der Waals surface area contributed by atoms with Gasteiger partial charge in [-0.05, 0) is 24.3 Å². The monoisotopic (exact) mass is 392 g/mol. The molecule has 0 fully saturated rings. The van der Waals surface area contributed by atoms with E-state index in [0.717, 1.165) is 0 Å². The predicted molar refractivity (Wildman–Crippen MR) is 100 cm³/mol. The van der Waals surface area contributed by atoms with E-state index in [-0.39, 0.29) is 17.3 Å². The van der Waals surface area contributed by atoms with Crippen LogP contribution in [0.5, 0.6) is 5.75 Å². The lowest BCUT2D eigenvalue weighted by Gasteiger charge is -2.10. The molecule has 2 N–H and O–H groups in total. The third kappa shape index (κ3) is 4.06. The Labute approximate surface area is 157 Å². The lowest BCUT2D eigenvalue weighted by Crippen LogP contribution is -2.14. The van der Waals surface area contributed by atoms with Crippen LogP contribution in [-0.2, 0) is 4.79 Å². The fourth-order valence-electron chi connectivity index (χ4n) is 2.25. The van der Waals surface area contributed by atoms with E-state index in [9.17, 15) is 14.9 Å². The Morgan fingerprint density at radius 2 is 2.19 bits per heavy atom. The topological polar surface area (TPSA) is 110 Å². The van der Waals surface area contributed by atoms with Crippen molar-refractivity contribution >= 4 is 51.7 Å². The number of aromatic nitrogens is 2. The van der Waals surface area contributed by atoms with E-state index in [1.807, 2.05) is 0 Å². The van der Waals surface area contributed by atoms with Crippen LogP contribution in [0.2, 0.25) is 5.02 Å². The van der Waals surface area contributed by atoms with E-state index in [0.29, 0.717) is 32.6 Å². The molecule has 26 heavy (non-hydrogen) atoms. The molecule has 0 saturated heterocycles. The van der Waals surface area contributed by atoms with Gasteiger partial charge in [0.15, 0.2) is 5.16 Å². The van der Waals surface area contributed by atoms with Gasteiger partial charge in [0.25, 0.3) is 5.69 Å². The molecular formula is C16H13ClN4O4S. The van der Waals surface area contributed by atoms with E-state index >= 15 is 0 Å². The van der Waals surface area contributed by atoms with Crippen LogP contribution in [0, 0.1) is 10.1 Å². The SMILES string of the molecule is COc1ccc(Cl)cc1NC(=O)CSc1nc2ccc([N+](=O)[O-])cc2[nH]1. The predicted octanol–water partition coefficient (Wildman–Crippen LogP) is 3.86.